The van der Waals surface area contributed by atoms with Crippen molar-refractivity contribution in [1.29, 1.82) is 0 Å². The first-order valence-corrected chi connectivity index (χ1v) is 8.24. The lowest BCUT2D eigenvalue weighted by molar-refractivity contribution is -0.136. The molecule has 0 heterocycles. The summed E-state index contributed by atoms with van der Waals surface area (Å²) in [4.78, 5) is 10.6. The predicted octanol–water partition coefficient (Wildman–Crippen LogP) is 3.98. The fourth-order valence-corrected chi connectivity index (χ4v) is 2.93. The van der Waals surface area contributed by atoms with Crippen molar-refractivity contribution in [3.8, 4) is 5.75 Å². The Morgan fingerprint density at radius 1 is 1.17 bits per heavy atom. The number of rotatable bonds is 8. The number of hydrogen-bond acceptors (Lipinski definition) is 4. The van der Waals surface area contributed by atoms with Crippen LogP contribution in [0.25, 0.3) is 0 Å². The van der Waals surface area contributed by atoms with Crippen molar-refractivity contribution in [3.63, 3.8) is 0 Å². The zero-order valence-corrected chi connectivity index (χ0v) is 14.5. The summed E-state index contributed by atoms with van der Waals surface area (Å²) >= 11 is 3.50. The highest BCUT2D eigenvalue weighted by Gasteiger charge is 2.36. The Morgan fingerprint density at radius 3 is 2.43 bits per heavy atom. The van der Waals surface area contributed by atoms with E-state index in [2.05, 4.69) is 15.9 Å². The Labute approximate surface area is 144 Å². The Kier molecular flexibility index (Phi) is 6.19. The van der Waals surface area contributed by atoms with Gasteiger partial charge in [0.15, 0.2) is 6.23 Å². The standard InChI is InChI=1S/C18H20BrNO3/c1-2-18(12-17(20)22-13-21,14-8-4-3-5-9-14)23-16-11-7-6-10-15(16)19/h3-11,13,17H,2,12,20H2,1H3. The smallest absolute Gasteiger partial charge is 0.294 e. The van der Waals surface area contributed by atoms with Crippen molar-refractivity contribution >= 4 is 22.4 Å². The fourth-order valence-electron chi connectivity index (χ4n) is 2.56. The summed E-state index contributed by atoms with van der Waals surface area (Å²) in [5.41, 5.74) is 6.23. The lowest BCUT2D eigenvalue weighted by Gasteiger charge is -2.36. The van der Waals surface area contributed by atoms with Crippen LogP contribution in [-0.2, 0) is 15.1 Å². The molecule has 0 bridgehead atoms. The maximum atomic E-state index is 10.6. The number of carbonyl (C=O) groups is 1. The number of carbonyl (C=O) groups excluding carboxylic acids is 1. The predicted molar refractivity (Wildman–Crippen MR) is 92.9 cm³/mol. The lowest BCUT2D eigenvalue weighted by atomic mass is 9.86. The first kappa shape index (κ1) is 17.5. The van der Waals surface area contributed by atoms with E-state index in [-0.39, 0.29) is 0 Å². The van der Waals surface area contributed by atoms with Crippen LogP contribution in [0.2, 0.25) is 0 Å². The van der Waals surface area contributed by atoms with Gasteiger partial charge in [0.1, 0.15) is 11.4 Å². The minimum atomic E-state index is -0.741. The molecule has 5 heteroatoms. The first-order chi connectivity index (χ1) is 11.1. The third-order valence-corrected chi connectivity index (χ3v) is 4.43. The molecule has 2 aromatic rings. The zero-order valence-electron chi connectivity index (χ0n) is 12.9. The molecule has 0 radical (unpaired) electrons. The van der Waals surface area contributed by atoms with E-state index in [1.165, 1.54) is 0 Å². The third-order valence-electron chi connectivity index (χ3n) is 3.77. The zero-order chi connectivity index (χ0) is 16.7. The molecular formula is C18H20BrNO3. The molecule has 0 aliphatic carbocycles. The van der Waals surface area contributed by atoms with Crippen molar-refractivity contribution in [3.05, 3.63) is 64.6 Å². The number of nitrogens with two attached hydrogens (primary N) is 1. The summed E-state index contributed by atoms with van der Waals surface area (Å²) in [6, 6.07) is 17.5. The van der Waals surface area contributed by atoms with Crippen LogP contribution in [0.1, 0.15) is 25.3 Å². The summed E-state index contributed by atoms with van der Waals surface area (Å²) in [5, 5.41) is 0. The molecule has 0 aliphatic rings. The van der Waals surface area contributed by atoms with Crippen LogP contribution in [0.5, 0.6) is 5.75 Å². The van der Waals surface area contributed by atoms with Crippen molar-refractivity contribution in [2.75, 3.05) is 0 Å². The van der Waals surface area contributed by atoms with Gasteiger partial charge in [-0.2, -0.15) is 0 Å². The third kappa shape index (κ3) is 4.33. The molecule has 2 rings (SSSR count). The second-order valence-electron chi connectivity index (χ2n) is 5.22. The molecule has 23 heavy (non-hydrogen) atoms. The van der Waals surface area contributed by atoms with Gasteiger partial charge >= 0.3 is 0 Å². The Hall–Kier alpha value is -1.85. The van der Waals surface area contributed by atoms with Crippen LogP contribution < -0.4 is 10.5 Å². The molecule has 2 atom stereocenters. The van der Waals surface area contributed by atoms with E-state index in [4.69, 9.17) is 15.2 Å². The van der Waals surface area contributed by atoms with E-state index in [9.17, 15) is 4.79 Å². The number of para-hydroxylation sites is 1. The largest absolute Gasteiger partial charge is 0.481 e. The maximum absolute atomic E-state index is 10.6. The molecule has 4 nitrogen and oxygen atoms in total. The molecule has 2 aromatic carbocycles. The maximum Gasteiger partial charge on any atom is 0.294 e. The van der Waals surface area contributed by atoms with Gasteiger partial charge in [-0.05, 0) is 40.0 Å². The molecule has 2 N–H and O–H groups in total. The summed E-state index contributed by atoms with van der Waals surface area (Å²) in [6.07, 6.45) is 0.289. The number of hydrogen-bond donors (Lipinski definition) is 1. The van der Waals surface area contributed by atoms with E-state index in [0.717, 1.165) is 15.8 Å². The first-order valence-electron chi connectivity index (χ1n) is 7.45. The lowest BCUT2D eigenvalue weighted by Crippen LogP contribution is -2.40. The van der Waals surface area contributed by atoms with Gasteiger partial charge in [0, 0.05) is 6.42 Å². The van der Waals surface area contributed by atoms with Crippen LogP contribution in [-0.4, -0.2) is 12.7 Å². The van der Waals surface area contributed by atoms with Gasteiger partial charge in [-0.3, -0.25) is 10.5 Å². The molecule has 0 saturated carbocycles. The molecule has 0 fully saturated rings. The van der Waals surface area contributed by atoms with Gasteiger partial charge in [0.2, 0.25) is 0 Å². The average molecular weight is 378 g/mol. The van der Waals surface area contributed by atoms with Crippen LogP contribution in [0.15, 0.2) is 59.1 Å². The van der Waals surface area contributed by atoms with E-state index < -0.39 is 11.8 Å². The Balaban J connectivity index is 2.41. The van der Waals surface area contributed by atoms with Crippen molar-refractivity contribution in [1.82, 2.24) is 0 Å². The van der Waals surface area contributed by atoms with E-state index in [1.807, 2.05) is 61.5 Å². The van der Waals surface area contributed by atoms with Gasteiger partial charge in [0.05, 0.1) is 4.47 Å². The van der Waals surface area contributed by atoms with Crippen LogP contribution in [0, 0.1) is 0 Å². The van der Waals surface area contributed by atoms with Crippen molar-refractivity contribution in [2.45, 2.75) is 31.6 Å². The quantitative estimate of drug-likeness (QED) is 0.558. The highest BCUT2D eigenvalue weighted by atomic mass is 79.9. The van der Waals surface area contributed by atoms with E-state index >= 15 is 0 Å². The molecule has 0 saturated heterocycles. The summed E-state index contributed by atoms with van der Waals surface area (Å²) in [7, 11) is 0. The SMILES string of the molecule is CCC(CC(N)OC=O)(Oc1ccccc1Br)c1ccccc1. The molecule has 0 spiro atoms. The molecule has 0 aliphatic heterocycles. The monoisotopic (exact) mass is 377 g/mol. The van der Waals surface area contributed by atoms with Crippen molar-refractivity contribution < 1.29 is 14.3 Å². The van der Waals surface area contributed by atoms with Gasteiger partial charge in [-0.25, -0.2) is 0 Å². The van der Waals surface area contributed by atoms with E-state index in [1.54, 1.807) is 0 Å². The summed E-state index contributed by atoms with van der Waals surface area (Å²) in [5.74, 6) is 0.719. The highest BCUT2D eigenvalue weighted by molar-refractivity contribution is 9.10. The van der Waals surface area contributed by atoms with Gasteiger partial charge in [-0.1, -0.05) is 49.4 Å². The molecule has 122 valence electrons. The van der Waals surface area contributed by atoms with Crippen molar-refractivity contribution in [2.24, 2.45) is 5.73 Å². The van der Waals surface area contributed by atoms with Gasteiger partial charge < -0.3 is 9.47 Å². The minimum Gasteiger partial charge on any atom is -0.481 e. The summed E-state index contributed by atoms with van der Waals surface area (Å²) < 4.78 is 12.1. The molecule has 0 amide bonds. The van der Waals surface area contributed by atoms with Crippen LogP contribution in [0.3, 0.4) is 0 Å². The minimum absolute atomic E-state index is 0.355. The second kappa shape index (κ2) is 8.13. The number of benzene rings is 2. The molecule has 0 aromatic heterocycles. The van der Waals surface area contributed by atoms with Gasteiger partial charge in [-0.15, -0.1) is 0 Å². The second-order valence-corrected chi connectivity index (χ2v) is 6.08. The molecular weight excluding hydrogens is 358 g/mol. The average Bonchev–Trinajstić information content (AvgIpc) is 2.57. The Morgan fingerprint density at radius 2 is 1.83 bits per heavy atom. The van der Waals surface area contributed by atoms with E-state index in [0.29, 0.717) is 19.3 Å². The van der Waals surface area contributed by atoms with Gasteiger partial charge in [0.25, 0.3) is 6.47 Å². The Bertz CT molecular complexity index is 635. The number of ether oxygens (including phenoxy) is 2. The van der Waals surface area contributed by atoms with Crippen LogP contribution >= 0.6 is 15.9 Å². The van der Waals surface area contributed by atoms with Crippen LogP contribution in [0.4, 0.5) is 0 Å². The summed E-state index contributed by atoms with van der Waals surface area (Å²) in [6.45, 7) is 2.39. The normalized spacial score (nSPS) is 14.6. The fraction of sp³-hybridized carbons (Fsp3) is 0.278. The topological polar surface area (TPSA) is 61.5 Å². The highest BCUT2D eigenvalue weighted by Crippen LogP contribution is 2.38. The number of halogens is 1. The molecule has 2 unspecified atom stereocenters.